The van der Waals surface area contributed by atoms with Crippen LogP contribution in [0.15, 0.2) is 0 Å². The molecule has 1 saturated heterocycles. The maximum Gasteiger partial charge on any atom is 0.323 e. The molecule has 1 fully saturated rings. The molecule has 0 aromatic carbocycles. The summed E-state index contributed by atoms with van der Waals surface area (Å²) in [6, 6.07) is -0.112. The second-order valence-corrected chi connectivity index (χ2v) is 5.30. The van der Waals surface area contributed by atoms with E-state index in [2.05, 4.69) is 26.1 Å². The van der Waals surface area contributed by atoms with Gasteiger partial charge in [-0.3, -0.25) is 4.79 Å². The number of hydrogen-bond donors (Lipinski definition) is 1. The zero-order valence-electron chi connectivity index (χ0n) is 10.3. The molecule has 1 N–H and O–H groups in total. The average Bonchev–Trinajstić information content (AvgIpc) is 2.17. The summed E-state index contributed by atoms with van der Waals surface area (Å²) in [5.41, 5.74) is 0.158. The Hall–Kier alpha value is -0.570. The minimum absolute atomic E-state index is 0.0860. The van der Waals surface area contributed by atoms with Crippen molar-refractivity contribution in [2.45, 2.75) is 46.6 Å². The van der Waals surface area contributed by atoms with Gasteiger partial charge in [0.05, 0.1) is 6.61 Å². The van der Waals surface area contributed by atoms with Gasteiger partial charge in [0.2, 0.25) is 0 Å². The van der Waals surface area contributed by atoms with E-state index >= 15 is 0 Å². The summed E-state index contributed by atoms with van der Waals surface area (Å²) in [6.07, 6.45) is 2.26. The fraction of sp³-hybridized carbons (Fsp3) is 0.917. The third-order valence-corrected chi connectivity index (χ3v) is 3.11. The van der Waals surface area contributed by atoms with E-state index in [-0.39, 0.29) is 17.4 Å². The van der Waals surface area contributed by atoms with E-state index in [1.54, 1.807) is 0 Å². The fourth-order valence-electron chi connectivity index (χ4n) is 2.30. The molecule has 2 atom stereocenters. The Morgan fingerprint density at radius 1 is 1.47 bits per heavy atom. The summed E-state index contributed by atoms with van der Waals surface area (Å²) in [5, 5.41) is 3.29. The Balaban J connectivity index is 2.70. The van der Waals surface area contributed by atoms with Crippen LogP contribution in [0.4, 0.5) is 0 Å². The third-order valence-electron chi connectivity index (χ3n) is 3.11. The summed E-state index contributed by atoms with van der Waals surface area (Å²) in [6.45, 7) is 9.82. The average molecular weight is 213 g/mol. The van der Waals surface area contributed by atoms with Crippen LogP contribution in [0.5, 0.6) is 0 Å². The molecule has 3 heteroatoms. The molecule has 1 heterocycles. The molecule has 15 heavy (non-hydrogen) atoms. The van der Waals surface area contributed by atoms with Crippen LogP contribution in [0, 0.1) is 11.3 Å². The van der Waals surface area contributed by atoms with E-state index in [1.807, 2.05) is 6.92 Å². The van der Waals surface area contributed by atoms with Gasteiger partial charge in [-0.15, -0.1) is 0 Å². The van der Waals surface area contributed by atoms with E-state index in [4.69, 9.17) is 4.74 Å². The van der Waals surface area contributed by atoms with Crippen molar-refractivity contribution in [1.29, 1.82) is 0 Å². The van der Waals surface area contributed by atoms with E-state index in [1.165, 1.54) is 0 Å². The molecular formula is C12H23NO2. The lowest BCUT2D eigenvalue weighted by Gasteiger charge is -2.39. The Kier molecular flexibility index (Phi) is 4.14. The van der Waals surface area contributed by atoms with Gasteiger partial charge in [-0.2, -0.15) is 0 Å². The van der Waals surface area contributed by atoms with Crippen LogP contribution in [0.2, 0.25) is 0 Å². The molecular weight excluding hydrogens is 190 g/mol. The van der Waals surface area contributed by atoms with Crippen LogP contribution in [0.25, 0.3) is 0 Å². The molecule has 1 rings (SSSR count). The minimum atomic E-state index is -0.112. The summed E-state index contributed by atoms with van der Waals surface area (Å²) < 4.78 is 5.11. The number of piperidine rings is 1. The highest BCUT2D eigenvalue weighted by atomic mass is 16.5. The molecule has 88 valence electrons. The van der Waals surface area contributed by atoms with E-state index in [0.717, 1.165) is 19.4 Å². The quantitative estimate of drug-likeness (QED) is 0.713. The molecule has 3 nitrogen and oxygen atoms in total. The number of esters is 1. The fourth-order valence-corrected chi connectivity index (χ4v) is 2.30. The second kappa shape index (κ2) is 4.97. The molecule has 0 aromatic rings. The monoisotopic (exact) mass is 213 g/mol. The molecule has 0 saturated carbocycles. The first-order valence-corrected chi connectivity index (χ1v) is 5.87. The Morgan fingerprint density at radius 3 is 2.67 bits per heavy atom. The normalized spacial score (nSPS) is 27.5. The number of carbonyl (C=O) groups excluding carboxylic acids is 1. The van der Waals surface area contributed by atoms with Crippen molar-refractivity contribution in [2.75, 3.05) is 13.2 Å². The van der Waals surface area contributed by atoms with Gasteiger partial charge in [0.25, 0.3) is 0 Å². The molecule has 0 amide bonds. The summed E-state index contributed by atoms with van der Waals surface area (Å²) in [5.74, 6) is 0.294. The maximum absolute atomic E-state index is 11.8. The second-order valence-electron chi connectivity index (χ2n) is 5.30. The van der Waals surface area contributed by atoms with Crippen LogP contribution in [-0.2, 0) is 9.53 Å². The number of ether oxygens (including phenoxy) is 1. The first-order chi connectivity index (χ1) is 6.96. The van der Waals surface area contributed by atoms with Crippen LogP contribution in [0.3, 0.4) is 0 Å². The van der Waals surface area contributed by atoms with Crippen molar-refractivity contribution in [2.24, 2.45) is 11.3 Å². The van der Waals surface area contributed by atoms with Crippen LogP contribution >= 0.6 is 0 Å². The van der Waals surface area contributed by atoms with E-state index in [9.17, 15) is 4.79 Å². The van der Waals surface area contributed by atoms with Gasteiger partial charge in [0.1, 0.15) is 6.04 Å². The van der Waals surface area contributed by atoms with Gasteiger partial charge in [-0.25, -0.2) is 0 Å². The van der Waals surface area contributed by atoms with Gasteiger partial charge in [0.15, 0.2) is 0 Å². The van der Waals surface area contributed by atoms with Crippen molar-refractivity contribution in [3.63, 3.8) is 0 Å². The SMILES string of the molecule is CCOC(=O)[C@@H]1NCCC[C@@H]1C(C)(C)C. The van der Waals surface area contributed by atoms with Gasteiger partial charge in [-0.1, -0.05) is 20.8 Å². The number of hydrogen-bond acceptors (Lipinski definition) is 3. The smallest absolute Gasteiger partial charge is 0.323 e. The summed E-state index contributed by atoms with van der Waals surface area (Å²) >= 11 is 0. The predicted molar refractivity (Wildman–Crippen MR) is 60.6 cm³/mol. The lowest BCUT2D eigenvalue weighted by molar-refractivity contribution is -0.149. The molecule has 1 aliphatic heterocycles. The topological polar surface area (TPSA) is 38.3 Å². The Morgan fingerprint density at radius 2 is 2.13 bits per heavy atom. The lowest BCUT2D eigenvalue weighted by Crippen LogP contribution is -2.51. The number of carbonyl (C=O) groups is 1. The molecule has 0 bridgehead atoms. The van der Waals surface area contributed by atoms with Crippen LogP contribution < -0.4 is 5.32 Å². The first kappa shape index (κ1) is 12.5. The first-order valence-electron chi connectivity index (χ1n) is 5.87. The van der Waals surface area contributed by atoms with Gasteiger partial charge < -0.3 is 10.1 Å². The molecule has 1 aliphatic rings. The van der Waals surface area contributed by atoms with Crippen LogP contribution in [-0.4, -0.2) is 25.2 Å². The Bertz CT molecular complexity index is 220. The number of nitrogens with one attached hydrogen (secondary N) is 1. The largest absolute Gasteiger partial charge is 0.465 e. The van der Waals surface area contributed by atoms with Crippen molar-refractivity contribution < 1.29 is 9.53 Å². The van der Waals surface area contributed by atoms with Gasteiger partial charge >= 0.3 is 5.97 Å². The van der Waals surface area contributed by atoms with Gasteiger partial charge in [-0.05, 0) is 37.6 Å². The zero-order valence-corrected chi connectivity index (χ0v) is 10.3. The molecule has 0 unspecified atom stereocenters. The molecule has 0 aromatic heterocycles. The standard InChI is InChI=1S/C12H23NO2/c1-5-15-11(14)10-9(12(2,3)4)7-6-8-13-10/h9-10,13H,5-8H2,1-4H3/t9-,10+/m0/s1. The van der Waals surface area contributed by atoms with Crippen molar-refractivity contribution in [3.8, 4) is 0 Å². The Labute approximate surface area is 92.6 Å². The molecule has 0 radical (unpaired) electrons. The third kappa shape index (κ3) is 3.20. The van der Waals surface area contributed by atoms with Crippen molar-refractivity contribution in [1.82, 2.24) is 5.32 Å². The summed E-state index contributed by atoms with van der Waals surface area (Å²) in [4.78, 5) is 11.8. The maximum atomic E-state index is 11.8. The van der Waals surface area contributed by atoms with E-state index < -0.39 is 0 Å². The molecule has 0 aliphatic carbocycles. The predicted octanol–water partition coefficient (Wildman–Crippen LogP) is 1.96. The minimum Gasteiger partial charge on any atom is -0.465 e. The molecule has 0 spiro atoms. The highest BCUT2D eigenvalue weighted by Crippen LogP contribution is 2.34. The van der Waals surface area contributed by atoms with Crippen LogP contribution in [0.1, 0.15) is 40.5 Å². The van der Waals surface area contributed by atoms with E-state index in [0.29, 0.717) is 12.5 Å². The highest BCUT2D eigenvalue weighted by molar-refractivity contribution is 5.76. The summed E-state index contributed by atoms with van der Waals surface area (Å²) in [7, 11) is 0. The number of rotatable bonds is 2. The zero-order chi connectivity index (χ0) is 11.5. The van der Waals surface area contributed by atoms with Crippen molar-refractivity contribution in [3.05, 3.63) is 0 Å². The van der Waals surface area contributed by atoms with Crippen molar-refractivity contribution >= 4 is 5.97 Å². The lowest BCUT2D eigenvalue weighted by atomic mass is 9.72. The van der Waals surface area contributed by atoms with Gasteiger partial charge in [0, 0.05) is 0 Å². The highest BCUT2D eigenvalue weighted by Gasteiger charge is 2.38.